The number of oxazole rings is 1. The number of carbonyl (C=O) groups is 1. The van der Waals surface area contributed by atoms with Crippen molar-refractivity contribution < 1.29 is 9.21 Å². The van der Waals surface area contributed by atoms with Crippen molar-refractivity contribution in [3.8, 4) is 11.5 Å². The van der Waals surface area contributed by atoms with E-state index in [1.54, 1.807) is 0 Å². The van der Waals surface area contributed by atoms with E-state index in [0.717, 1.165) is 37.0 Å². The number of carbonyl (C=O) groups excluding carboxylic acids is 1. The van der Waals surface area contributed by atoms with Crippen LogP contribution in [0.4, 0.5) is 5.69 Å². The number of fused-ring (bicyclic) bond motifs is 1. The van der Waals surface area contributed by atoms with E-state index in [2.05, 4.69) is 32.9 Å². The minimum Gasteiger partial charge on any atom is -0.436 e. The number of amides is 1. The first kappa shape index (κ1) is 17.7. The Balaban J connectivity index is 1.70. The summed E-state index contributed by atoms with van der Waals surface area (Å²) in [6.07, 6.45) is 0. The Morgan fingerprint density at radius 2 is 1.81 bits per heavy atom. The number of halogens is 1. The van der Waals surface area contributed by atoms with Gasteiger partial charge in [-0.3, -0.25) is 4.79 Å². The number of aryl methyl sites for hydroxylation is 2. The molecule has 1 amide bonds. The molecule has 0 aliphatic carbocycles. The van der Waals surface area contributed by atoms with E-state index in [0.29, 0.717) is 11.5 Å². The van der Waals surface area contributed by atoms with Gasteiger partial charge in [0.15, 0.2) is 5.58 Å². The van der Waals surface area contributed by atoms with Crippen LogP contribution in [0, 0.1) is 17.4 Å². The second kappa shape index (κ2) is 7.15. The lowest BCUT2D eigenvalue weighted by molar-refractivity contribution is 0.102. The van der Waals surface area contributed by atoms with Gasteiger partial charge in [0.2, 0.25) is 5.89 Å². The third-order valence-electron chi connectivity index (χ3n) is 4.47. The average molecular weight is 468 g/mol. The number of anilines is 1. The Hall–Kier alpha value is -2.67. The van der Waals surface area contributed by atoms with Crippen LogP contribution < -0.4 is 5.32 Å². The summed E-state index contributed by atoms with van der Waals surface area (Å²) in [6.45, 7) is 3.97. The highest BCUT2D eigenvalue weighted by Crippen LogP contribution is 2.29. The maximum atomic E-state index is 12.7. The molecule has 0 unspecified atom stereocenters. The Bertz CT molecular complexity index is 1160. The van der Waals surface area contributed by atoms with Crippen LogP contribution >= 0.6 is 22.6 Å². The molecule has 1 aromatic heterocycles. The van der Waals surface area contributed by atoms with Crippen LogP contribution in [0.1, 0.15) is 21.5 Å². The SMILES string of the molecule is Cc1ccc(-c2nc3c(C)cccc3o2)cc1NC(=O)c1ccccc1I. The molecule has 1 N–H and O–H groups in total. The molecule has 0 spiro atoms. The summed E-state index contributed by atoms with van der Waals surface area (Å²) < 4.78 is 6.83. The third-order valence-corrected chi connectivity index (χ3v) is 5.41. The molecule has 4 aromatic rings. The van der Waals surface area contributed by atoms with Crippen molar-refractivity contribution in [1.29, 1.82) is 0 Å². The molecule has 134 valence electrons. The first-order valence-electron chi connectivity index (χ1n) is 8.56. The lowest BCUT2D eigenvalue weighted by Crippen LogP contribution is -2.14. The molecule has 0 saturated carbocycles. The van der Waals surface area contributed by atoms with Gasteiger partial charge >= 0.3 is 0 Å². The van der Waals surface area contributed by atoms with Crippen molar-refractivity contribution in [1.82, 2.24) is 4.98 Å². The molecule has 1 heterocycles. The number of rotatable bonds is 3. The maximum Gasteiger partial charge on any atom is 0.256 e. The average Bonchev–Trinajstić information content (AvgIpc) is 3.09. The van der Waals surface area contributed by atoms with Crippen molar-refractivity contribution in [3.05, 3.63) is 80.9 Å². The lowest BCUT2D eigenvalue weighted by Gasteiger charge is -2.10. The maximum absolute atomic E-state index is 12.7. The highest BCUT2D eigenvalue weighted by molar-refractivity contribution is 14.1. The quantitative estimate of drug-likeness (QED) is 0.377. The number of hydrogen-bond acceptors (Lipinski definition) is 3. The van der Waals surface area contributed by atoms with Gasteiger partial charge in [0.25, 0.3) is 5.91 Å². The zero-order valence-electron chi connectivity index (χ0n) is 14.9. The minimum atomic E-state index is -0.131. The zero-order chi connectivity index (χ0) is 19.0. The molecule has 0 bridgehead atoms. The molecule has 0 atom stereocenters. The number of hydrogen-bond donors (Lipinski definition) is 1. The normalized spacial score (nSPS) is 10.9. The third kappa shape index (κ3) is 3.47. The molecule has 4 rings (SSSR count). The predicted molar refractivity (Wildman–Crippen MR) is 116 cm³/mol. The number of nitrogens with zero attached hydrogens (tertiary/aromatic N) is 1. The van der Waals surface area contributed by atoms with E-state index in [4.69, 9.17) is 4.42 Å². The molecule has 0 fully saturated rings. The molecule has 4 nitrogen and oxygen atoms in total. The molecular weight excluding hydrogens is 451 g/mol. The molecule has 3 aromatic carbocycles. The van der Waals surface area contributed by atoms with Gasteiger partial charge in [-0.1, -0.05) is 30.3 Å². The van der Waals surface area contributed by atoms with Crippen LogP contribution in [0.2, 0.25) is 0 Å². The fourth-order valence-electron chi connectivity index (χ4n) is 2.93. The van der Waals surface area contributed by atoms with Crippen LogP contribution in [-0.4, -0.2) is 10.9 Å². The second-order valence-corrected chi connectivity index (χ2v) is 7.57. The van der Waals surface area contributed by atoms with E-state index in [1.807, 2.05) is 74.5 Å². The van der Waals surface area contributed by atoms with Gasteiger partial charge in [0.1, 0.15) is 5.52 Å². The largest absolute Gasteiger partial charge is 0.436 e. The Kier molecular flexibility index (Phi) is 4.70. The van der Waals surface area contributed by atoms with Crippen molar-refractivity contribution in [2.24, 2.45) is 0 Å². The van der Waals surface area contributed by atoms with Crippen molar-refractivity contribution in [3.63, 3.8) is 0 Å². The fourth-order valence-corrected chi connectivity index (χ4v) is 3.57. The second-order valence-electron chi connectivity index (χ2n) is 6.40. The van der Waals surface area contributed by atoms with Crippen molar-refractivity contribution in [2.45, 2.75) is 13.8 Å². The monoisotopic (exact) mass is 468 g/mol. The predicted octanol–water partition coefficient (Wildman–Crippen LogP) is 5.97. The van der Waals surface area contributed by atoms with Gasteiger partial charge in [-0.25, -0.2) is 4.98 Å². The number of aromatic nitrogens is 1. The summed E-state index contributed by atoms with van der Waals surface area (Å²) in [5.41, 5.74) is 5.89. The molecule has 0 radical (unpaired) electrons. The number of para-hydroxylation sites is 1. The van der Waals surface area contributed by atoms with Gasteiger partial charge in [0, 0.05) is 14.8 Å². The van der Waals surface area contributed by atoms with E-state index < -0.39 is 0 Å². The number of nitrogens with one attached hydrogen (secondary N) is 1. The first-order valence-corrected chi connectivity index (χ1v) is 9.64. The molecule has 0 saturated heterocycles. The van der Waals surface area contributed by atoms with Crippen LogP contribution in [0.3, 0.4) is 0 Å². The van der Waals surface area contributed by atoms with Crippen LogP contribution in [0.15, 0.2) is 65.1 Å². The summed E-state index contributed by atoms with van der Waals surface area (Å²) in [5.74, 6) is 0.415. The summed E-state index contributed by atoms with van der Waals surface area (Å²) in [5, 5.41) is 3.01. The van der Waals surface area contributed by atoms with Gasteiger partial charge in [-0.2, -0.15) is 0 Å². The highest BCUT2D eigenvalue weighted by Gasteiger charge is 2.14. The van der Waals surface area contributed by atoms with Gasteiger partial charge in [0.05, 0.1) is 5.56 Å². The summed E-state index contributed by atoms with van der Waals surface area (Å²) in [6, 6.07) is 19.2. The van der Waals surface area contributed by atoms with Crippen molar-refractivity contribution in [2.75, 3.05) is 5.32 Å². The Morgan fingerprint density at radius 3 is 2.59 bits per heavy atom. The molecule has 27 heavy (non-hydrogen) atoms. The lowest BCUT2D eigenvalue weighted by atomic mass is 10.1. The van der Waals surface area contributed by atoms with Crippen molar-refractivity contribution >= 4 is 45.3 Å². The summed E-state index contributed by atoms with van der Waals surface area (Å²) in [4.78, 5) is 17.3. The molecule has 0 aliphatic heterocycles. The molecular formula is C22H17IN2O2. The number of benzene rings is 3. The van der Waals surface area contributed by atoms with Crippen LogP contribution in [0.25, 0.3) is 22.6 Å². The minimum absolute atomic E-state index is 0.131. The zero-order valence-corrected chi connectivity index (χ0v) is 17.1. The smallest absolute Gasteiger partial charge is 0.256 e. The van der Waals surface area contributed by atoms with Gasteiger partial charge < -0.3 is 9.73 Å². The summed E-state index contributed by atoms with van der Waals surface area (Å²) in [7, 11) is 0. The van der Waals surface area contributed by atoms with E-state index in [-0.39, 0.29) is 5.91 Å². The van der Waals surface area contributed by atoms with E-state index in [9.17, 15) is 4.79 Å². The van der Waals surface area contributed by atoms with Crippen LogP contribution in [0.5, 0.6) is 0 Å². The van der Waals surface area contributed by atoms with Crippen LogP contribution in [-0.2, 0) is 0 Å². The summed E-state index contributed by atoms with van der Waals surface area (Å²) >= 11 is 2.17. The molecule has 0 aliphatic rings. The molecule has 5 heteroatoms. The fraction of sp³-hybridized carbons (Fsp3) is 0.0909. The van der Waals surface area contributed by atoms with Gasteiger partial charge in [-0.05, 0) is 77.9 Å². The topological polar surface area (TPSA) is 55.1 Å². The Labute approximate surface area is 170 Å². The standard InChI is InChI=1S/C22H17IN2O2/c1-13-10-11-15(22-25-20-14(2)6-5-9-19(20)27-22)12-18(13)24-21(26)16-7-3-4-8-17(16)23/h3-12H,1-2H3,(H,24,26). The Morgan fingerprint density at radius 1 is 1.00 bits per heavy atom. The highest BCUT2D eigenvalue weighted by atomic mass is 127. The first-order chi connectivity index (χ1) is 13.0. The van der Waals surface area contributed by atoms with E-state index in [1.165, 1.54) is 0 Å². The van der Waals surface area contributed by atoms with Gasteiger partial charge in [-0.15, -0.1) is 0 Å². The van der Waals surface area contributed by atoms with E-state index >= 15 is 0 Å².